The van der Waals surface area contributed by atoms with Crippen LogP contribution >= 0.6 is 23.2 Å². The number of halogens is 3. The molecular formula is C27H32Cl2FNO6S. The minimum absolute atomic E-state index is 0.123. The lowest BCUT2D eigenvalue weighted by atomic mass is 9.88. The van der Waals surface area contributed by atoms with E-state index in [0.717, 1.165) is 0 Å². The Labute approximate surface area is 232 Å². The van der Waals surface area contributed by atoms with Crippen LogP contribution in [-0.4, -0.2) is 52.9 Å². The van der Waals surface area contributed by atoms with Gasteiger partial charge in [-0.25, -0.2) is 12.8 Å². The molecule has 0 aromatic heterocycles. The van der Waals surface area contributed by atoms with E-state index in [-0.39, 0.29) is 16.7 Å². The fourth-order valence-electron chi connectivity index (χ4n) is 4.47. The molecule has 0 bridgehead atoms. The first-order valence-electron chi connectivity index (χ1n) is 12.2. The SMILES string of the molecule is CC(C)[C@H](CS(=O)(=O)C(C)(C)C)N1C(=O)[C@H](CC(=O)O)O[C@H](c2cccc(Cl)c2)[C@H]1c1ccc(Cl)c(F)c1. The minimum Gasteiger partial charge on any atom is -0.481 e. The maximum absolute atomic E-state index is 14.7. The second-order valence-corrected chi connectivity index (χ2v) is 14.4. The van der Waals surface area contributed by atoms with E-state index < -0.39 is 63.0 Å². The third-order valence-electron chi connectivity index (χ3n) is 6.70. The van der Waals surface area contributed by atoms with Crippen LogP contribution in [0, 0.1) is 11.7 Å². The number of hydrogen-bond donors (Lipinski definition) is 1. The summed E-state index contributed by atoms with van der Waals surface area (Å²) in [5.74, 6) is -3.41. The fourth-order valence-corrected chi connectivity index (χ4v) is 6.28. The number of aliphatic carboxylic acids is 1. The van der Waals surface area contributed by atoms with Crippen LogP contribution in [0.25, 0.3) is 0 Å². The van der Waals surface area contributed by atoms with Crippen LogP contribution in [0.15, 0.2) is 42.5 Å². The van der Waals surface area contributed by atoms with Gasteiger partial charge in [0.2, 0.25) is 0 Å². The predicted molar refractivity (Wildman–Crippen MR) is 144 cm³/mol. The number of carboxylic acid groups (broad SMARTS) is 1. The summed E-state index contributed by atoms with van der Waals surface area (Å²) < 4.78 is 46.4. The highest BCUT2D eigenvalue weighted by Crippen LogP contribution is 2.45. The van der Waals surface area contributed by atoms with Crippen molar-refractivity contribution < 1.29 is 32.2 Å². The van der Waals surface area contributed by atoms with Crippen LogP contribution in [-0.2, 0) is 24.2 Å². The number of morpholine rings is 1. The van der Waals surface area contributed by atoms with Crippen LogP contribution in [0.4, 0.5) is 4.39 Å². The molecule has 11 heteroatoms. The van der Waals surface area contributed by atoms with E-state index in [1.54, 1.807) is 65.0 Å². The van der Waals surface area contributed by atoms with Crippen molar-refractivity contribution in [2.75, 3.05) is 5.75 Å². The van der Waals surface area contributed by atoms with Crippen molar-refractivity contribution in [1.82, 2.24) is 4.90 Å². The van der Waals surface area contributed by atoms with Gasteiger partial charge in [-0.15, -0.1) is 0 Å². The van der Waals surface area contributed by atoms with Gasteiger partial charge in [0.05, 0.1) is 28.0 Å². The highest BCUT2D eigenvalue weighted by atomic mass is 35.5. The largest absolute Gasteiger partial charge is 0.481 e. The molecule has 1 fully saturated rings. The van der Waals surface area contributed by atoms with Crippen molar-refractivity contribution in [3.05, 3.63) is 69.5 Å². The molecule has 38 heavy (non-hydrogen) atoms. The predicted octanol–water partition coefficient (Wildman–Crippen LogP) is 5.85. The monoisotopic (exact) mass is 587 g/mol. The van der Waals surface area contributed by atoms with E-state index in [4.69, 9.17) is 27.9 Å². The molecule has 1 aliphatic heterocycles. The summed E-state index contributed by atoms with van der Waals surface area (Å²) in [6.07, 6.45) is -3.01. The summed E-state index contributed by atoms with van der Waals surface area (Å²) >= 11 is 12.2. The van der Waals surface area contributed by atoms with Gasteiger partial charge >= 0.3 is 5.97 Å². The van der Waals surface area contributed by atoms with E-state index in [9.17, 15) is 27.5 Å². The standard InChI is InChI=1S/C27H32Cl2FNO6S/c1-15(2)21(14-38(35,36)27(3,4)5)31-24(16-9-10-19(29)20(30)12-16)25(17-7-6-8-18(28)11-17)37-22(26(31)34)13-23(32)33/h6-12,15,21-22,24-25H,13-14H2,1-5H3,(H,32,33)/t21-,22-,24+,25+/m0/s1. The number of nitrogens with zero attached hydrogens (tertiary/aromatic N) is 1. The minimum atomic E-state index is -3.73. The molecule has 0 unspecified atom stereocenters. The summed E-state index contributed by atoms with van der Waals surface area (Å²) in [6.45, 7) is 8.30. The van der Waals surface area contributed by atoms with E-state index >= 15 is 0 Å². The third-order valence-corrected chi connectivity index (χ3v) is 9.89. The van der Waals surface area contributed by atoms with Crippen LogP contribution in [0.2, 0.25) is 10.0 Å². The molecule has 1 heterocycles. The molecule has 4 atom stereocenters. The summed E-state index contributed by atoms with van der Waals surface area (Å²) in [5.41, 5.74) is 0.838. The van der Waals surface area contributed by atoms with Gasteiger partial charge in [0.1, 0.15) is 18.0 Å². The summed E-state index contributed by atoms with van der Waals surface area (Å²) in [6, 6.07) is 8.85. The Kier molecular flexibility index (Phi) is 9.18. The second kappa shape index (κ2) is 11.5. The van der Waals surface area contributed by atoms with Gasteiger partial charge in [0, 0.05) is 11.1 Å². The van der Waals surface area contributed by atoms with Crippen molar-refractivity contribution in [2.24, 2.45) is 5.92 Å². The number of carbonyl (C=O) groups excluding carboxylic acids is 1. The molecule has 208 valence electrons. The number of benzene rings is 2. The van der Waals surface area contributed by atoms with Crippen LogP contribution in [0.5, 0.6) is 0 Å². The molecule has 0 radical (unpaired) electrons. The number of carbonyl (C=O) groups is 2. The Balaban J connectivity index is 2.29. The molecule has 7 nitrogen and oxygen atoms in total. The topological polar surface area (TPSA) is 101 Å². The van der Waals surface area contributed by atoms with E-state index in [2.05, 4.69) is 0 Å². The molecule has 2 aromatic rings. The quantitative estimate of drug-likeness (QED) is 0.415. The summed E-state index contributed by atoms with van der Waals surface area (Å²) in [4.78, 5) is 27.0. The van der Waals surface area contributed by atoms with Crippen LogP contribution < -0.4 is 0 Å². The lowest BCUT2D eigenvalue weighted by Crippen LogP contribution is -2.58. The zero-order valence-electron chi connectivity index (χ0n) is 21.8. The normalized spacial score (nSPS) is 21.6. The maximum atomic E-state index is 14.7. The fraction of sp³-hybridized carbons (Fsp3) is 0.481. The Bertz CT molecular complexity index is 1310. The zero-order valence-corrected chi connectivity index (χ0v) is 24.1. The van der Waals surface area contributed by atoms with E-state index in [1.807, 2.05) is 0 Å². The molecule has 2 aromatic carbocycles. The Morgan fingerprint density at radius 1 is 1.13 bits per heavy atom. The van der Waals surface area contributed by atoms with Gasteiger partial charge in [-0.1, -0.05) is 55.2 Å². The summed E-state index contributed by atoms with van der Waals surface area (Å²) in [7, 11) is -3.73. The average Bonchev–Trinajstić information content (AvgIpc) is 2.79. The highest BCUT2D eigenvalue weighted by molar-refractivity contribution is 7.92. The van der Waals surface area contributed by atoms with Gasteiger partial charge in [-0.05, 0) is 62.1 Å². The first-order chi connectivity index (χ1) is 17.5. The lowest BCUT2D eigenvalue weighted by molar-refractivity contribution is -0.184. The van der Waals surface area contributed by atoms with Crippen molar-refractivity contribution in [2.45, 2.75) is 70.1 Å². The Morgan fingerprint density at radius 3 is 2.32 bits per heavy atom. The van der Waals surface area contributed by atoms with E-state index in [1.165, 1.54) is 17.0 Å². The maximum Gasteiger partial charge on any atom is 0.306 e. The molecule has 0 spiro atoms. The smallest absolute Gasteiger partial charge is 0.306 e. The molecule has 1 amide bonds. The number of carboxylic acids is 1. The number of ether oxygens (including phenoxy) is 1. The second-order valence-electron chi connectivity index (χ2n) is 10.8. The van der Waals surface area contributed by atoms with Crippen molar-refractivity contribution >= 4 is 44.9 Å². The number of sulfone groups is 1. The summed E-state index contributed by atoms with van der Waals surface area (Å²) in [5, 5.41) is 9.78. The first kappa shape index (κ1) is 30.3. The lowest BCUT2D eigenvalue weighted by Gasteiger charge is -2.49. The van der Waals surface area contributed by atoms with Gasteiger partial charge in [0.15, 0.2) is 9.84 Å². The number of hydrogen-bond acceptors (Lipinski definition) is 5. The molecule has 1 saturated heterocycles. The molecule has 3 rings (SSSR count). The first-order valence-corrected chi connectivity index (χ1v) is 14.6. The molecule has 1 N–H and O–H groups in total. The third kappa shape index (κ3) is 6.50. The molecule has 0 aliphatic carbocycles. The van der Waals surface area contributed by atoms with Crippen LogP contribution in [0.3, 0.4) is 0 Å². The van der Waals surface area contributed by atoms with Crippen molar-refractivity contribution in [3.63, 3.8) is 0 Å². The van der Waals surface area contributed by atoms with Gasteiger partial charge in [-0.3, -0.25) is 9.59 Å². The zero-order chi connectivity index (χ0) is 28.6. The Hall–Kier alpha value is -2.20. The molecule has 0 saturated carbocycles. The van der Waals surface area contributed by atoms with Crippen molar-refractivity contribution in [3.8, 4) is 0 Å². The number of rotatable bonds is 8. The highest BCUT2D eigenvalue weighted by Gasteiger charge is 2.49. The Morgan fingerprint density at radius 2 is 1.79 bits per heavy atom. The average molecular weight is 589 g/mol. The number of amides is 1. The van der Waals surface area contributed by atoms with Crippen LogP contribution in [0.1, 0.15) is 64.3 Å². The van der Waals surface area contributed by atoms with Gasteiger partial charge in [-0.2, -0.15) is 0 Å². The van der Waals surface area contributed by atoms with Gasteiger partial charge in [0.25, 0.3) is 5.91 Å². The van der Waals surface area contributed by atoms with Crippen molar-refractivity contribution in [1.29, 1.82) is 0 Å². The molecule has 1 aliphatic rings. The van der Waals surface area contributed by atoms with Gasteiger partial charge < -0.3 is 14.7 Å². The van der Waals surface area contributed by atoms with E-state index in [0.29, 0.717) is 16.1 Å². The molecular weight excluding hydrogens is 556 g/mol.